The molecule has 4 aromatic heterocycles. The Bertz CT molecular complexity index is 1010. The summed E-state index contributed by atoms with van der Waals surface area (Å²) in [4.78, 5) is 29.2. The first kappa shape index (κ1) is 14.9. The summed E-state index contributed by atoms with van der Waals surface area (Å²) in [5, 5.41) is 2.75. The van der Waals surface area contributed by atoms with Gasteiger partial charge in [0, 0.05) is 31.2 Å². The number of anilines is 1. The maximum atomic E-state index is 12.6. The van der Waals surface area contributed by atoms with Gasteiger partial charge in [-0.25, -0.2) is 15.0 Å². The summed E-state index contributed by atoms with van der Waals surface area (Å²) in [6, 6.07) is 11.2. The zero-order valence-electron chi connectivity index (χ0n) is 13.2. The van der Waals surface area contributed by atoms with Crippen molar-refractivity contribution in [1.82, 2.24) is 24.3 Å². The summed E-state index contributed by atoms with van der Waals surface area (Å²) >= 11 is 0. The highest BCUT2D eigenvalue weighted by Crippen LogP contribution is 2.17. The third-order valence-electron chi connectivity index (χ3n) is 3.75. The molecule has 7 nitrogen and oxygen atoms in total. The van der Waals surface area contributed by atoms with Crippen molar-refractivity contribution in [2.45, 2.75) is 6.42 Å². The first-order valence-electron chi connectivity index (χ1n) is 7.73. The van der Waals surface area contributed by atoms with E-state index in [0.29, 0.717) is 17.9 Å². The lowest BCUT2D eigenvalue weighted by molar-refractivity contribution is 0.102. The molecule has 0 saturated heterocycles. The molecule has 4 aromatic rings. The normalized spacial score (nSPS) is 10.7. The summed E-state index contributed by atoms with van der Waals surface area (Å²) in [7, 11) is 0. The number of rotatable bonds is 4. The van der Waals surface area contributed by atoms with Crippen LogP contribution >= 0.6 is 0 Å². The van der Waals surface area contributed by atoms with Crippen LogP contribution in [-0.4, -0.2) is 30.2 Å². The topological polar surface area (TPSA) is 85.1 Å². The molecule has 4 heterocycles. The lowest BCUT2D eigenvalue weighted by Crippen LogP contribution is -2.14. The Morgan fingerprint density at radius 2 is 2.04 bits per heavy atom. The molecule has 0 aliphatic rings. The molecule has 0 unspecified atom stereocenters. The van der Waals surface area contributed by atoms with Gasteiger partial charge in [-0.15, -0.1) is 0 Å². The fourth-order valence-corrected chi connectivity index (χ4v) is 2.62. The summed E-state index contributed by atoms with van der Waals surface area (Å²) in [6.07, 6.45) is 8.96. The number of pyridine rings is 2. The van der Waals surface area contributed by atoms with Gasteiger partial charge in [0.2, 0.25) is 0 Å². The highest BCUT2D eigenvalue weighted by atomic mass is 16.2. The van der Waals surface area contributed by atoms with E-state index in [4.69, 9.17) is 0 Å². The van der Waals surface area contributed by atoms with Crippen LogP contribution in [0.25, 0.3) is 5.52 Å². The van der Waals surface area contributed by atoms with E-state index in [1.165, 1.54) is 6.33 Å². The van der Waals surface area contributed by atoms with Crippen LogP contribution in [0.3, 0.4) is 0 Å². The smallest absolute Gasteiger partial charge is 0.277 e. The molecule has 0 spiro atoms. The number of aromatic nitrogens is 5. The van der Waals surface area contributed by atoms with Crippen molar-refractivity contribution in [3.8, 4) is 0 Å². The maximum Gasteiger partial charge on any atom is 0.277 e. The average molecular weight is 330 g/mol. The molecule has 0 saturated carbocycles. The van der Waals surface area contributed by atoms with Gasteiger partial charge >= 0.3 is 0 Å². The van der Waals surface area contributed by atoms with E-state index in [0.717, 1.165) is 16.9 Å². The van der Waals surface area contributed by atoms with E-state index in [1.807, 2.05) is 40.9 Å². The highest BCUT2D eigenvalue weighted by molar-refractivity contribution is 6.07. The van der Waals surface area contributed by atoms with Crippen LogP contribution in [0.15, 0.2) is 67.5 Å². The number of carbonyl (C=O) groups is 1. The number of nitrogens with zero attached hydrogens (tertiary/aromatic N) is 5. The standard InChI is InChI=1S/C18H14N6O/c25-18(22-15-6-8-20-12-21-15)17-14-5-1-2-9-24(14)16(23-17)10-13-4-3-7-19-11-13/h1-9,11-12H,10H2,(H,20,21,22,25). The van der Waals surface area contributed by atoms with Gasteiger partial charge in [-0.2, -0.15) is 0 Å². The lowest BCUT2D eigenvalue weighted by atomic mass is 10.2. The molecule has 0 radical (unpaired) electrons. The van der Waals surface area contributed by atoms with Crippen molar-refractivity contribution in [3.05, 3.63) is 84.6 Å². The Balaban J connectivity index is 1.71. The van der Waals surface area contributed by atoms with Crippen molar-refractivity contribution >= 4 is 17.2 Å². The van der Waals surface area contributed by atoms with Crippen LogP contribution in [0.5, 0.6) is 0 Å². The third-order valence-corrected chi connectivity index (χ3v) is 3.75. The average Bonchev–Trinajstić information content (AvgIpc) is 3.02. The predicted octanol–water partition coefficient (Wildman–Crippen LogP) is 2.36. The van der Waals surface area contributed by atoms with E-state index in [2.05, 4.69) is 25.3 Å². The van der Waals surface area contributed by atoms with Crippen LogP contribution in [0, 0.1) is 0 Å². The zero-order valence-corrected chi connectivity index (χ0v) is 13.2. The van der Waals surface area contributed by atoms with Crippen LogP contribution in [0.4, 0.5) is 5.82 Å². The summed E-state index contributed by atoms with van der Waals surface area (Å²) in [5.41, 5.74) is 2.13. The number of hydrogen-bond donors (Lipinski definition) is 1. The SMILES string of the molecule is O=C(Nc1ccncn1)c1nc(Cc2cccnc2)n2ccccc12. The number of nitrogens with one attached hydrogen (secondary N) is 1. The van der Waals surface area contributed by atoms with Crippen molar-refractivity contribution < 1.29 is 4.79 Å². The van der Waals surface area contributed by atoms with Crippen molar-refractivity contribution in [1.29, 1.82) is 0 Å². The van der Waals surface area contributed by atoms with Crippen LogP contribution in [0.1, 0.15) is 21.9 Å². The van der Waals surface area contributed by atoms with Crippen LogP contribution in [0.2, 0.25) is 0 Å². The summed E-state index contributed by atoms with van der Waals surface area (Å²) in [5.74, 6) is 0.905. The Morgan fingerprint density at radius 1 is 1.08 bits per heavy atom. The molecule has 122 valence electrons. The molecular formula is C18H14N6O. The molecule has 0 aliphatic heterocycles. The molecule has 0 atom stereocenters. The van der Waals surface area contributed by atoms with E-state index in [9.17, 15) is 4.79 Å². The van der Waals surface area contributed by atoms with Gasteiger partial charge in [0.05, 0.1) is 5.52 Å². The Kier molecular flexibility index (Phi) is 3.88. The van der Waals surface area contributed by atoms with Crippen molar-refractivity contribution in [3.63, 3.8) is 0 Å². The number of hydrogen-bond acceptors (Lipinski definition) is 5. The molecule has 1 amide bonds. The maximum absolute atomic E-state index is 12.6. The Hall–Kier alpha value is -3.61. The largest absolute Gasteiger partial charge is 0.305 e. The van der Waals surface area contributed by atoms with Crippen LogP contribution in [-0.2, 0) is 6.42 Å². The van der Waals surface area contributed by atoms with E-state index in [-0.39, 0.29) is 5.91 Å². The molecule has 0 bridgehead atoms. The van der Waals surface area contributed by atoms with Gasteiger partial charge in [0.25, 0.3) is 5.91 Å². The van der Waals surface area contributed by atoms with Gasteiger partial charge in [-0.3, -0.25) is 9.78 Å². The number of fused-ring (bicyclic) bond motifs is 1. The number of amides is 1. The van der Waals surface area contributed by atoms with E-state index < -0.39 is 0 Å². The molecule has 0 aromatic carbocycles. The molecular weight excluding hydrogens is 316 g/mol. The second kappa shape index (κ2) is 6.48. The van der Waals surface area contributed by atoms with E-state index >= 15 is 0 Å². The van der Waals surface area contributed by atoms with Crippen molar-refractivity contribution in [2.24, 2.45) is 0 Å². The molecule has 0 fully saturated rings. The van der Waals surface area contributed by atoms with Gasteiger partial charge in [-0.05, 0) is 29.8 Å². The molecule has 0 aliphatic carbocycles. The Morgan fingerprint density at radius 3 is 2.84 bits per heavy atom. The van der Waals surface area contributed by atoms with Crippen molar-refractivity contribution in [2.75, 3.05) is 5.32 Å². The Labute approximate surface area is 143 Å². The molecule has 7 heteroatoms. The van der Waals surface area contributed by atoms with Gasteiger partial charge in [0.15, 0.2) is 5.69 Å². The zero-order chi connectivity index (χ0) is 17.1. The second-order valence-corrected chi connectivity index (χ2v) is 5.42. The monoisotopic (exact) mass is 330 g/mol. The van der Waals surface area contributed by atoms with Crippen LogP contribution < -0.4 is 5.32 Å². The highest BCUT2D eigenvalue weighted by Gasteiger charge is 2.18. The third kappa shape index (κ3) is 3.07. The first-order chi connectivity index (χ1) is 12.3. The number of carbonyl (C=O) groups excluding carboxylic acids is 1. The minimum absolute atomic E-state index is 0.306. The van der Waals surface area contributed by atoms with Gasteiger partial charge < -0.3 is 9.72 Å². The fraction of sp³-hybridized carbons (Fsp3) is 0.0556. The van der Waals surface area contributed by atoms with Gasteiger partial charge in [0.1, 0.15) is 18.0 Å². The minimum Gasteiger partial charge on any atom is -0.305 e. The molecule has 25 heavy (non-hydrogen) atoms. The molecule has 4 rings (SSSR count). The number of imidazole rings is 1. The first-order valence-corrected chi connectivity index (χ1v) is 7.73. The minimum atomic E-state index is -0.306. The lowest BCUT2D eigenvalue weighted by Gasteiger charge is -2.01. The van der Waals surface area contributed by atoms with E-state index in [1.54, 1.807) is 24.7 Å². The molecule has 1 N–H and O–H groups in total. The quantitative estimate of drug-likeness (QED) is 0.621. The summed E-state index contributed by atoms with van der Waals surface area (Å²) in [6.45, 7) is 0. The fourth-order valence-electron chi connectivity index (χ4n) is 2.62. The summed E-state index contributed by atoms with van der Waals surface area (Å²) < 4.78 is 1.92. The second-order valence-electron chi connectivity index (χ2n) is 5.42. The van der Waals surface area contributed by atoms with Gasteiger partial charge in [-0.1, -0.05) is 12.1 Å². The predicted molar refractivity (Wildman–Crippen MR) is 92.2 cm³/mol.